The summed E-state index contributed by atoms with van der Waals surface area (Å²) in [5, 5.41) is 2.04. The molecule has 5 nitrogen and oxygen atoms in total. The molecule has 0 saturated heterocycles. The molecule has 1 aromatic carbocycles. The Morgan fingerprint density at radius 1 is 1.27 bits per heavy atom. The van der Waals surface area contributed by atoms with E-state index in [4.69, 9.17) is 4.74 Å². The lowest BCUT2D eigenvalue weighted by Crippen LogP contribution is -2.49. The Bertz CT molecular complexity index is 868. The third-order valence-corrected chi connectivity index (χ3v) is 6.68. The average molecular weight is 433 g/mol. The molecule has 0 unspecified atom stereocenters. The van der Waals surface area contributed by atoms with Crippen LogP contribution in [0.25, 0.3) is 0 Å². The highest BCUT2D eigenvalue weighted by molar-refractivity contribution is 7.10. The van der Waals surface area contributed by atoms with Gasteiger partial charge in [-0.05, 0) is 61.0 Å². The number of carbonyl (C=O) groups excluding carboxylic acids is 2. The smallest absolute Gasteiger partial charge is 0.242 e. The van der Waals surface area contributed by atoms with Crippen molar-refractivity contribution in [2.45, 2.75) is 52.1 Å². The number of hydrogen-bond donors (Lipinski definition) is 0. The van der Waals surface area contributed by atoms with Gasteiger partial charge in [0.05, 0.1) is 6.04 Å². The highest BCUT2D eigenvalue weighted by Crippen LogP contribution is 2.34. The van der Waals surface area contributed by atoms with Gasteiger partial charge in [-0.15, -0.1) is 11.3 Å². The summed E-state index contributed by atoms with van der Waals surface area (Å²) in [6, 6.07) is 7.71. The first kappa shape index (κ1) is 22.3. The van der Waals surface area contributed by atoms with Crippen molar-refractivity contribution < 1.29 is 18.7 Å². The predicted octanol–water partition coefficient (Wildman–Crippen LogP) is 4.43. The lowest BCUT2D eigenvalue weighted by molar-refractivity contribution is -0.144. The minimum atomic E-state index is -0.317. The van der Waals surface area contributed by atoms with Crippen LogP contribution in [0.2, 0.25) is 0 Å². The molecule has 162 valence electrons. The SMILES string of the molecule is CCC(=O)N(CC(=O)N1CCc2sccc2[C@@H]1COc1ccc(F)cc1)[C@H](C)CC. The number of rotatable bonds is 8. The normalized spacial score (nSPS) is 16.7. The van der Waals surface area contributed by atoms with Gasteiger partial charge < -0.3 is 14.5 Å². The second-order valence-electron chi connectivity index (χ2n) is 7.55. The molecule has 0 radical (unpaired) electrons. The molecule has 2 atom stereocenters. The van der Waals surface area contributed by atoms with Crippen molar-refractivity contribution in [3.63, 3.8) is 0 Å². The molecule has 1 aliphatic heterocycles. The second kappa shape index (κ2) is 10.1. The number of nitrogens with zero attached hydrogens (tertiary/aromatic N) is 2. The zero-order valence-corrected chi connectivity index (χ0v) is 18.6. The summed E-state index contributed by atoms with van der Waals surface area (Å²) in [6.07, 6.45) is 1.98. The Balaban J connectivity index is 1.77. The number of ether oxygens (including phenoxy) is 1. The lowest BCUT2D eigenvalue weighted by atomic mass is 10.00. The monoisotopic (exact) mass is 432 g/mol. The first-order valence-corrected chi connectivity index (χ1v) is 11.4. The van der Waals surface area contributed by atoms with Crippen LogP contribution in [-0.2, 0) is 16.0 Å². The molecule has 1 aliphatic rings. The van der Waals surface area contributed by atoms with Gasteiger partial charge in [0.1, 0.15) is 24.7 Å². The van der Waals surface area contributed by atoms with E-state index >= 15 is 0 Å². The van der Waals surface area contributed by atoms with Crippen LogP contribution < -0.4 is 4.74 Å². The first-order valence-electron chi connectivity index (χ1n) is 10.5. The Morgan fingerprint density at radius 3 is 2.67 bits per heavy atom. The van der Waals surface area contributed by atoms with E-state index in [0.717, 1.165) is 18.4 Å². The largest absolute Gasteiger partial charge is 0.491 e. The minimum absolute atomic E-state index is 0.00922. The molecular formula is C23H29FN2O3S. The Kier molecular flexibility index (Phi) is 7.48. The Hall–Kier alpha value is -2.41. The number of halogens is 1. The quantitative estimate of drug-likeness (QED) is 0.620. The van der Waals surface area contributed by atoms with Gasteiger partial charge >= 0.3 is 0 Å². The van der Waals surface area contributed by atoms with Crippen LogP contribution in [0, 0.1) is 5.82 Å². The minimum Gasteiger partial charge on any atom is -0.491 e. The van der Waals surface area contributed by atoms with Gasteiger partial charge in [0, 0.05) is 23.9 Å². The van der Waals surface area contributed by atoms with Gasteiger partial charge in [0.2, 0.25) is 11.8 Å². The fourth-order valence-electron chi connectivity index (χ4n) is 3.73. The zero-order chi connectivity index (χ0) is 21.7. The molecule has 7 heteroatoms. The van der Waals surface area contributed by atoms with Gasteiger partial charge in [0.25, 0.3) is 0 Å². The topological polar surface area (TPSA) is 49.9 Å². The summed E-state index contributed by atoms with van der Waals surface area (Å²) in [5.74, 6) is 0.169. The molecule has 30 heavy (non-hydrogen) atoms. The number of hydrogen-bond acceptors (Lipinski definition) is 4. The van der Waals surface area contributed by atoms with Crippen molar-refractivity contribution in [2.24, 2.45) is 0 Å². The molecule has 0 spiro atoms. The molecular weight excluding hydrogens is 403 g/mol. The van der Waals surface area contributed by atoms with Crippen molar-refractivity contribution in [1.82, 2.24) is 9.80 Å². The van der Waals surface area contributed by atoms with E-state index in [1.165, 1.54) is 17.0 Å². The van der Waals surface area contributed by atoms with Crippen molar-refractivity contribution >= 4 is 23.2 Å². The molecule has 0 bridgehead atoms. The van der Waals surface area contributed by atoms with E-state index in [9.17, 15) is 14.0 Å². The van der Waals surface area contributed by atoms with Crippen molar-refractivity contribution in [2.75, 3.05) is 19.7 Å². The van der Waals surface area contributed by atoms with Crippen LogP contribution in [0.3, 0.4) is 0 Å². The number of benzene rings is 1. The molecule has 2 aromatic rings. The summed E-state index contributed by atoms with van der Waals surface area (Å²) >= 11 is 1.69. The second-order valence-corrected chi connectivity index (χ2v) is 8.55. The maximum atomic E-state index is 13.3. The van der Waals surface area contributed by atoms with Crippen LogP contribution >= 0.6 is 11.3 Å². The van der Waals surface area contributed by atoms with Crippen LogP contribution in [-0.4, -0.2) is 47.4 Å². The Labute approximate surface area is 181 Å². The van der Waals surface area contributed by atoms with Crippen molar-refractivity contribution in [3.05, 3.63) is 52.0 Å². The van der Waals surface area contributed by atoms with Gasteiger partial charge in [-0.1, -0.05) is 13.8 Å². The summed E-state index contributed by atoms with van der Waals surface area (Å²) in [5.41, 5.74) is 1.10. The molecule has 3 rings (SSSR count). The number of thiophene rings is 1. The van der Waals surface area contributed by atoms with E-state index in [1.54, 1.807) is 28.4 Å². The van der Waals surface area contributed by atoms with Gasteiger partial charge in [-0.2, -0.15) is 0 Å². The lowest BCUT2D eigenvalue weighted by Gasteiger charge is -2.38. The summed E-state index contributed by atoms with van der Waals surface area (Å²) in [6.45, 7) is 6.77. The predicted molar refractivity (Wildman–Crippen MR) is 116 cm³/mol. The molecule has 0 fully saturated rings. The van der Waals surface area contributed by atoms with Crippen LogP contribution in [0.4, 0.5) is 4.39 Å². The maximum absolute atomic E-state index is 13.3. The standard InChI is InChI=1S/C23H29FN2O3S/c1-4-16(3)26(22(27)5-2)14-23(28)25-12-10-21-19(11-13-30-21)20(25)15-29-18-8-6-17(24)7-9-18/h6-9,11,13,16,20H,4-5,10,12,14-15H2,1-3H3/t16-,20+/m1/s1. The van der Waals surface area contributed by atoms with Gasteiger partial charge in [-0.25, -0.2) is 4.39 Å². The summed E-state index contributed by atoms with van der Waals surface area (Å²) in [4.78, 5) is 30.5. The highest BCUT2D eigenvalue weighted by atomic mass is 32.1. The van der Waals surface area contributed by atoms with Crippen LogP contribution in [0.1, 0.15) is 50.1 Å². The molecule has 2 amide bonds. The van der Waals surface area contributed by atoms with Gasteiger partial charge in [-0.3, -0.25) is 9.59 Å². The number of fused-ring (bicyclic) bond motifs is 1. The average Bonchev–Trinajstić information content (AvgIpc) is 3.24. The van der Waals surface area contributed by atoms with Gasteiger partial charge in [0.15, 0.2) is 0 Å². The fraction of sp³-hybridized carbons (Fsp3) is 0.478. The molecule has 0 saturated carbocycles. The third-order valence-electron chi connectivity index (χ3n) is 5.69. The van der Waals surface area contributed by atoms with E-state index in [2.05, 4.69) is 0 Å². The molecule has 1 aromatic heterocycles. The van der Waals surface area contributed by atoms with E-state index in [1.807, 2.05) is 37.1 Å². The Morgan fingerprint density at radius 2 is 2.00 bits per heavy atom. The highest BCUT2D eigenvalue weighted by Gasteiger charge is 2.34. The zero-order valence-electron chi connectivity index (χ0n) is 17.8. The van der Waals surface area contributed by atoms with Crippen molar-refractivity contribution in [1.29, 1.82) is 0 Å². The maximum Gasteiger partial charge on any atom is 0.242 e. The number of amides is 2. The molecule has 2 heterocycles. The van der Waals surface area contributed by atoms with Crippen LogP contribution in [0.15, 0.2) is 35.7 Å². The summed E-state index contributed by atoms with van der Waals surface area (Å²) in [7, 11) is 0. The van der Waals surface area contributed by atoms with Crippen molar-refractivity contribution in [3.8, 4) is 5.75 Å². The van der Waals surface area contributed by atoms with E-state index < -0.39 is 0 Å². The third kappa shape index (κ3) is 5.01. The van der Waals surface area contributed by atoms with Crippen LogP contribution in [0.5, 0.6) is 5.75 Å². The summed E-state index contributed by atoms with van der Waals surface area (Å²) < 4.78 is 19.1. The van der Waals surface area contributed by atoms with E-state index in [-0.39, 0.29) is 42.9 Å². The number of carbonyl (C=O) groups is 2. The first-order chi connectivity index (χ1) is 14.4. The molecule has 0 N–H and O–H groups in total. The van der Waals surface area contributed by atoms with E-state index in [0.29, 0.717) is 18.7 Å². The fourth-order valence-corrected chi connectivity index (χ4v) is 4.66. The molecule has 0 aliphatic carbocycles.